The Morgan fingerprint density at radius 3 is 2.44 bits per heavy atom. The molecule has 0 saturated carbocycles. The summed E-state index contributed by atoms with van der Waals surface area (Å²) in [5.41, 5.74) is 0. The fraction of sp³-hybridized carbons (Fsp3) is 0.500. The highest BCUT2D eigenvalue weighted by Crippen LogP contribution is 1.81. The van der Waals surface area contributed by atoms with E-state index in [1.165, 1.54) is 0 Å². The van der Waals surface area contributed by atoms with Crippen LogP contribution in [0.5, 0.6) is 0 Å². The van der Waals surface area contributed by atoms with Crippen LogP contribution in [0.1, 0.15) is 6.42 Å². The van der Waals surface area contributed by atoms with Gasteiger partial charge in [0.25, 0.3) is 0 Å². The number of carbonyl (C=O) groups excluding carboxylic acids is 1. The summed E-state index contributed by atoms with van der Waals surface area (Å²) in [6.07, 6.45) is -1.18. The number of hydrogen-bond donors (Lipinski definition) is 3. The molecule has 4 nitrogen and oxygen atoms in total. The number of nitrogens with one attached hydrogen (secondary N) is 1. The van der Waals surface area contributed by atoms with Gasteiger partial charge in [0, 0.05) is 6.42 Å². The first kappa shape index (κ1) is 8.29. The van der Waals surface area contributed by atoms with Gasteiger partial charge in [0.15, 0.2) is 0 Å². The maximum absolute atomic E-state index is 10.3. The smallest absolute Gasteiger partial charge is 0.411 e. The van der Waals surface area contributed by atoms with Crippen LogP contribution in [0, 0.1) is 0 Å². The van der Waals surface area contributed by atoms with Crippen LogP contribution in [0.3, 0.4) is 0 Å². The number of amides is 2. The molecule has 0 heterocycles. The van der Waals surface area contributed by atoms with Crippen LogP contribution in [-0.4, -0.2) is 22.9 Å². The van der Waals surface area contributed by atoms with Crippen molar-refractivity contribution in [3.05, 3.63) is 0 Å². The fourth-order valence-corrected chi connectivity index (χ4v) is 0.486. The molecule has 0 radical (unpaired) electrons. The molecule has 0 atom stereocenters. The third-order valence-electron chi connectivity index (χ3n) is 0.585. The summed E-state index contributed by atoms with van der Waals surface area (Å²) in [7, 11) is 0. The number of rotatable bonds is 2. The van der Waals surface area contributed by atoms with Gasteiger partial charge >= 0.3 is 6.09 Å². The van der Waals surface area contributed by atoms with Crippen LogP contribution in [0.2, 0.25) is 0 Å². The minimum absolute atomic E-state index is 0.134. The van der Waals surface area contributed by atoms with Gasteiger partial charge in [0.1, 0.15) is 0 Å². The van der Waals surface area contributed by atoms with E-state index in [1.807, 2.05) is 0 Å². The summed E-state index contributed by atoms with van der Waals surface area (Å²) >= 11 is 3.73. The molecule has 0 unspecified atom stereocenters. The SMILES string of the molecule is O=C(O)NC(=O)CCS. The van der Waals surface area contributed by atoms with Gasteiger partial charge in [-0.2, -0.15) is 12.6 Å². The predicted octanol–water partition coefficient (Wildman–Crippen LogP) is 0.100. The van der Waals surface area contributed by atoms with Crippen LogP contribution in [-0.2, 0) is 4.79 Å². The van der Waals surface area contributed by atoms with Crippen molar-refractivity contribution in [3.8, 4) is 0 Å². The topological polar surface area (TPSA) is 66.4 Å². The molecule has 0 aromatic heterocycles. The Bertz CT molecular complexity index is 125. The molecule has 2 amide bonds. The standard InChI is InChI=1S/C4H7NO3S/c6-3(1-2-9)5-4(7)8/h9H,1-2H2,(H,5,6)(H,7,8). The van der Waals surface area contributed by atoms with Gasteiger partial charge in [-0.25, -0.2) is 4.79 Å². The van der Waals surface area contributed by atoms with E-state index in [0.29, 0.717) is 5.75 Å². The van der Waals surface area contributed by atoms with Gasteiger partial charge in [0.2, 0.25) is 5.91 Å². The van der Waals surface area contributed by atoms with Crippen molar-refractivity contribution < 1.29 is 14.7 Å². The first-order valence-electron chi connectivity index (χ1n) is 2.30. The molecule has 2 N–H and O–H groups in total. The zero-order valence-corrected chi connectivity index (χ0v) is 5.52. The molecule has 0 fully saturated rings. The first-order chi connectivity index (χ1) is 4.16. The maximum Gasteiger partial charge on any atom is 0.411 e. The van der Waals surface area contributed by atoms with E-state index < -0.39 is 12.0 Å². The normalized spacial score (nSPS) is 8.56. The molecule has 0 aliphatic rings. The zero-order chi connectivity index (χ0) is 7.28. The highest BCUT2D eigenvalue weighted by molar-refractivity contribution is 7.80. The van der Waals surface area contributed by atoms with Gasteiger partial charge < -0.3 is 5.11 Å². The highest BCUT2D eigenvalue weighted by Gasteiger charge is 2.01. The van der Waals surface area contributed by atoms with E-state index in [9.17, 15) is 9.59 Å². The Balaban J connectivity index is 3.39. The molecule has 9 heavy (non-hydrogen) atoms. The van der Waals surface area contributed by atoms with Gasteiger partial charge in [-0.3, -0.25) is 10.1 Å². The highest BCUT2D eigenvalue weighted by atomic mass is 32.1. The molecule has 5 heteroatoms. The lowest BCUT2D eigenvalue weighted by Gasteiger charge is -1.93. The van der Waals surface area contributed by atoms with Crippen LogP contribution in [0.15, 0.2) is 0 Å². The lowest BCUT2D eigenvalue weighted by atomic mass is 10.5. The van der Waals surface area contributed by atoms with Crippen molar-refractivity contribution >= 4 is 24.6 Å². The van der Waals surface area contributed by atoms with Gasteiger partial charge in [-0.05, 0) is 5.75 Å². The third-order valence-corrected chi connectivity index (χ3v) is 0.809. The summed E-state index contributed by atoms with van der Waals surface area (Å²) in [6.45, 7) is 0. The van der Waals surface area contributed by atoms with E-state index in [0.717, 1.165) is 0 Å². The van der Waals surface area contributed by atoms with Crippen molar-refractivity contribution in [2.75, 3.05) is 5.75 Å². The molecule has 52 valence electrons. The van der Waals surface area contributed by atoms with Crippen molar-refractivity contribution in [3.63, 3.8) is 0 Å². The van der Waals surface area contributed by atoms with E-state index in [-0.39, 0.29) is 6.42 Å². The monoisotopic (exact) mass is 149 g/mol. The van der Waals surface area contributed by atoms with Gasteiger partial charge in [0.05, 0.1) is 0 Å². The predicted molar refractivity (Wildman–Crippen MR) is 34.6 cm³/mol. The number of hydrogen-bond acceptors (Lipinski definition) is 3. The maximum atomic E-state index is 10.3. The molecule has 0 rings (SSSR count). The minimum atomic E-state index is -1.32. The average molecular weight is 149 g/mol. The average Bonchev–Trinajstić information content (AvgIpc) is 1.63. The van der Waals surface area contributed by atoms with Crippen molar-refractivity contribution in [1.82, 2.24) is 5.32 Å². The zero-order valence-electron chi connectivity index (χ0n) is 4.63. The molecule has 0 aliphatic carbocycles. The Labute approximate surface area is 57.7 Å². The molecule has 0 aliphatic heterocycles. The number of thiol groups is 1. The Kier molecular flexibility index (Phi) is 3.87. The Morgan fingerprint density at radius 1 is 1.56 bits per heavy atom. The Morgan fingerprint density at radius 2 is 2.11 bits per heavy atom. The number of imide groups is 1. The minimum Gasteiger partial charge on any atom is -0.465 e. The second kappa shape index (κ2) is 4.20. The second-order valence-corrected chi connectivity index (χ2v) is 1.77. The molecular weight excluding hydrogens is 142 g/mol. The Hall–Kier alpha value is -0.710. The van der Waals surface area contributed by atoms with Crippen LogP contribution >= 0.6 is 12.6 Å². The van der Waals surface area contributed by atoms with Crippen molar-refractivity contribution in [2.45, 2.75) is 6.42 Å². The lowest BCUT2D eigenvalue weighted by Crippen LogP contribution is -2.28. The van der Waals surface area contributed by atoms with Gasteiger partial charge in [-0.15, -0.1) is 0 Å². The van der Waals surface area contributed by atoms with Crippen LogP contribution in [0.4, 0.5) is 4.79 Å². The summed E-state index contributed by atoms with van der Waals surface area (Å²) in [5.74, 6) is -0.156. The molecule has 0 saturated heterocycles. The van der Waals surface area contributed by atoms with E-state index in [4.69, 9.17) is 5.11 Å². The fourth-order valence-electron chi connectivity index (χ4n) is 0.283. The molecular formula is C4H7NO3S. The van der Waals surface area contributed by atoms with Crippen LogP contribution < -0.4 is 5.32 Å². The molecule has 0 aromatic carbocycles. The summed E-state index contributed by atoms with van der Waals surface area (Å²) < 4.78 is 0. The van der Waals surface area contributed by atoms with Crippen LogP contribution in [0.25, 0.3) is 0 Å². The molecule has 0 bridgehead atoms. The second-order valence-electron chi connectivity index (χ2n) is 1.33. The first-order valence-corrected chi connectivity index (χ1v) is 2.93. The molecule has 0 aromatic rings. The summed E-state index contributed by atoms with van der Waals surface area (Å²) in [6, 6.07) is 0. The number of carbonyl (C=O) groups is 2. The van der Waals surface area contributed by atoms with Crippen molar-refractivity contribution in [1.29, 1.82) is 0 Å². The summed E-state index contributed by atoms with van der Waals surface area (Å²) in [5, 5.41) is 9.63. The van der Waals surface area contributed by atoms with Crippen molar-refractivity contribution in [2.24, 2.45) is 0 Å². The molecule has 0 spiro atoms. The van der Waals surface area contributed by atoms with Gasteiger partial charge in [-0.1, -0.05) is 0 Å². The van der Waals surface area contributed by atoms with E-state index in [2.05, 4.69) is 12.6 Å². The quantitative estimate of drug-likeness (QED) is 0.488. The lowest BCUT2D eigenvalue weighted by molar-refractivity contribution is -0.119. The number of carboxylic acid groups (broad SMARTS) is 1. The largest absolute Gasteiger partial charge is 0.465 e. The van der Waals surface area contributed by atoms with E-state index >= 15 is 0 Å². The van der Waals surface area contributed by atoms with E-state index in [1.54, 1.807) is 5.32 Å². The third kappa shape index (κ3) is 5.16. The summed E-state index contributed by atoms with van der Waals surface area (Å²) in [4.78, 5) is 20.0.